The predicted octanol–water partition coefficient (Wildman–Crippen LogP) is 0.967. The van der Waals surface area contributed by atoms with Crippen LogP contribution >= 0.6 is 0 Å². The third-order valence-electron chi connectivity index (χ3n) is 3.33. The highest BCUT2D eigenvalue weighted by atomic mass is 32.2. The van der Waals surface area contributed by atoms with E-state index in [1.54, 1.807) is 6.92 Å². The van der Waals surface area contributed by atoms with Crippen LogP contribution < -0.4 is 5.32 Å². The van der Waals surface area contributed by atoms with Crippen LogP contribution in [-0.4, -0.2) is 44.7 Å². The molecule has 16 heavy (non-hydrogen) atoms. The van der Waals surface area contributed by atoms with Crippen LogP contribution in [0.2, 0.25) is 0 Å². The van der Waals surface area contributed by atoms with Crippen LogP contribution in [0.1, 0.15) is 33.6 Å². The van der Waals surface area contributed by atoms with Gasteiger partial charge in [0.1, 0.15) is 5.25 Å². The maximum atomic E-state index is 12.3. The highest BCUT2D eigenvalue weighted by Gasteiger charge is 2.38. The lowest BCUT2D eigenvalue weighted by atomic mass is 10.1. The van der Waals surface area contributed by atoms with Crippen molar-refractivity contribution in [1.29, 1.82) is 0 Å². The summed E-state index contributed by atoms with van der Waals surface area (Å²) in [6.07, 6.45) is 1.45. The van der Waals surface area contributed by atoms with Gasteiger partial charge in [-0.05, 0) is 26.3 Å². The molecule has 0 aliphatic carbocycles. The topological polar surface area (TPSA) is 55.4 Å². The molecular weight excluding hydrogens is 226 g/mol. The van der Waals surface area contributed by atoms with E-state index in [-0.39, 0.29) is 16.5 Å². The van der Waals surface area contributed by atoms with Gasteiger partial charge in [0.05, 0.1) is 11.9 Å². The maximum Gasteiger partial charge on any atom is 0.159 e. The van der Waals surface area contributed by atoms with Gasteiger partial charge in [0.15, 0.2) is 9.84 Å². The Morgan fingerprint density at radius 2 is 2.12 bits per heavy atom. The van der Waals surface area contributed by atoms with Gasteiger partial charge in [0.25, 0.3) is 0 Å². The van der Waals surface area contributed by atoms with Gasteiger partial charge in [-0.1, -0.05) is 13.8 Å². The summed E-state index contributed by atoms with van der Waals surface area (Å²) in [5.41, 5.74) is 0. The van der Waals surface area contributed by atoms with Crippen LogP contribution in [0.4, 0.5) is 0 Å². The van der Waals surface area contributed by atoms with E-state index < -0.39 is 9.84 Å². The quantitative estimate of drug-likeness (QED) is 0.789. The van der Waals surface area contributed by atoms with Crippen molar-refractivity contribution in [2.45, 2.75) is 50.2 Å². The zero-order chi connectivity index (χ0) is 12.2. The molecule has 1 aliphatic heterocycles. The molecule has 4 nitrogen and oxygen atoms in total. The van der Waals surface area contributed by atoms with Crippen molar-refractivity contribution in [2.24, 2.45) is 0 Å². The smallest absolute Gasteiger partial charge is 0.159 e. The van der Waals surface area contributed by atoms with E-state index in [1.165, 1.54) is 0 Å². The van der Waals surface area contributed by atoms with Crippen LogP contribution in [0, 0.1) is 0 Å². The van der Waals surface area contributed by atoms with Crippen molar-refractivity contribution >= 4 is 9.84 Å². The second-order valence-electron chi connectivity index (χ2n) is 4.37. The molecule has 1 rings (SSSR count). The average molecular weight is 249 g/mol. The molecule has 96 valence electrons. The molecule has 0 aromatic rings. The van der Waals surface area contributed by atoms with Crippen LogP contribution in [0.3, 0.4) is 0 Å². The fraction of sp³-hybridized carbons (Fsp3) is 1.00. The van der Waals surface area contributed by atoms with Gasteiger partial charge in [-0.3, -0.25) is 0 Å². The van der Waals surface area contributed by atoms with Crippen LogP contribution in [0.5, 0.6) is 0 Å². The molecule has 1 saturated heterocycles. The van der Waals surface area contributed by atoms with Crippen molar-refractivity contribution in [2.75, 3.05) is 19.8 Å². The molecule has 0 amide bonds. The normalized spacial score (nSPS) is 28.9. The van der Waals surface area contributed by atoms with Crippen molar-refractivity contribution in [3.05, 3.63) is 0 Å². The number of hydrogen-bond donors (Lipinski definition) is 1. The summed E-state index contributed by atoms with van der Waals surface area (Å²) in [7, 11) is -3.07. The highest BCUT2D eigenvalue weighted by molar-refractivity contribution is 7.92. The minimum atomic E-state index is -3.07. The summed E-state index contributed by atoms with van der Waals surface area (Å²) in [5.74, 6) is 0. The van der Waals surface area contributed by atoms with Crippen LogP contribution in [0.15, 0.2) is 0 Å². The van der Waals surface area contributed by atoms with Crippen molar-refractivity contribution in [3.8, 4) is 0 Å². The third-order valence-corrected chi connectivity index (χ3v) is 6.09. The Kier molecular flexibility index (Phi) is 5.21. The lowest BCUT2D eigenvalue weighted by Crippen LogP contribution is -2.52. The Bertz CT molecular complexity index is 300. The Balaban J connectivity index is 2.82. The average Bonchev–Trinajstić information content (AvgIpc) is 2.29. The zero-order valence-corrected chi connectivity index (χ0v) is 11.2. The molecule has 1 fully saturated rings. The van der Waals surface area contributed by atoms with E-state index in [1.807, 2.05) is 13.8 Å². The van der Waals surface area contributed by atoms with Gasteiger partial charge < -0.3 is 10.1 Å². The molecule has 0 bridgehead atoms. The number of hydrogen-bond acceptors (Lipinski definition) is 4. The Morgan fingerprint density at radius 3 is 2.69 bits per heavy atom. The van der Waals surface area contributed by atoms with Gasteiger partial charge in [-0.25, -0.2) is 8.42 Å². The van der Waals surface area contributed by atoms with E-state index in [9.17, 15) is 8.42 Å². The summed E-state index contributed by atoms with van der Waals surface area (Å²) in [4.78, 5) is 0. The first kappa shape index (κ1) is 13.9. The molecule has 1 N–H and O–H groups in total. The molecule has 3 atom stereocenters. The van der Waals surface area contributed by atoms with E-state index in [0.717, 1.165) is 13.0 Å². The van der Waals surface area contributed by atoms with E-state index >= 15 is 0 Å². The number of rotatable bonds is 5. The summed E-state index contributed by atoms with van der Waals surface area (Å²) in [6.45, 7) is 7.50. The van der Waals surface area contributed by atoms with Crippen molar-refractivity contribution < 1.29 is 13.2 Å². The second kappa shape index (κ2) is 5.98. The summed E-state index contributed by atoms with van der Waals surface area (Å²) in [6, 6.07) is 0.0535. The molecule has 0 aromatic carbocycles. The van der Waals surface area contributed by atoms with Gasteiger partial charge in [-0.15, -0.1) is 0 Å². The molecule has 1 heterocycles. The van der Waals surface area contributed by atoms with E-state index in [2.05, 4.69) is 5.32 Å². The minimum Gasteiger partial charge on any atom is -0.380 e. The number of sulfone groups is 1. The highest BCUT2D eigenvalue weighted by Crippen LogP contribution is 2.21. The summed E-state index contributed by atoms with van der Waals surface area (Å²) >= 11 is 0. The van der Waals surface area contributed by atoms with Crippen LogP contribution in [0.25, 0.3) is 0 Å². The Labute approximate surface area is 98.7 Å². The Morgan fingerprint density at radius 1 is 1.44 bits per heavy atom. The molecule has 1 aliphatic rings. The van der Waals surface area contributed by atoms with E-state index in [0.29, 0.717) is 19.6 Å². The second-order valence-corrected chi connectivity index (χ2v) is 6.96. The standard InChI is InChI=1S/C11H23NO3S/c1-4-9(3)16(13,14)11-8-15-7-6-10(11)12-5-2/h9-12H,4-8H2,1-3H3. The van der Waals surface area contributed by atoms with Gasteiger partial charge >= 0.3 is 0 Å². The lowest BCUT2D eigenvalue weighted by Gasteiger charge is -2.33. The van der Waals surface area contributed by atoms with Gasteiger partial charge in [0.2, 0.25) is 0 Å². The molecule has 3 unspecified atom stereocenters. The summed E-state index contributed by atoms with van der Waals surface area (Å²) < 4.78 is 29.9. The van der Waals surface area contributed by atoms with Crippen LogP contribution in [-0.2, 0) is 14.6 Å². The maximum absolute atomic E-state index is 12.3. The van der Waals surface area contributed by atoms with Crippen molar-refractivity contribution in [3.63, 3.8) is 0 Å². The monoisotopic (exact) mass is 249 g/mol. The fourth-order valence-corrected chi connectivity index (χ4v) is 4.10. The molecule has 0 aromatic heterocycles. The van der Waals surface area contributed by atoms with Crippen molar-refractivity contribution in [1.82, 2.24) is 5.32 Å². The summed E-state index contributed by atoms with van der Waals surface area (Å²) in [5, 5.41) is 2.60. The lowest BCUT2D eigenvalue weighted by molar-refractivity contribution is 0.0809. The molecule has 0 radical (unpaired) electrons. The molecule has 0 spiro atoms. The Hall–Kier alpha value is -0.130. The molecular formula is C11H23NO3S. The fourth-order valence-electron chi connectivity index (χ4n) is 2.06. The molecule has 5 heteroatoms. The first-order chi connectivity index (χ1) is 7.54. The number of ether oxygens (including phenoxy) is 1. The van der Waals surface area contributed by atoms with Gasteiger partial charge in [-0.2, -0.15) is 0 Å². The number of nitrogens with one attached hydrogen (secondary N) is 1. The first-order valence-corrected chi connectivity index (χ1v) is 7.68. The minimum absolute atomic E-state index is 0.0535. The van der Waals surface area contributed by atoms with Gasteiger partial charge in [0, 0.05) is 12.6 Å². The zero-order valence-electron chi connectivity index (χ0n) is 10.4. The van der Waals surface area contributed by atoms with E-state index in [4.69, 9.17) is 4.74 Å². The molecule has 0 saturated carbocycles. The largest absolute Gasteiger partial charge is 0.380 e. The first-order valence-electron chi connectivity index (χ1n) is 6.07. The third kappa shape index (κ3) is 2.96. The predicted molar refractivity (Wildman–Crippen MR) is 65.4 cm³/mol. The SMILES string of the molecule is CCNC1CCOCC1S(=O)(=O)C(C)CC.